The molecule has 6 heteroatoms. The Balaban J connectivity index is 2.44. The van der Waals surface area contributed by atoms with Crippen molar-refractivity contribution in [2.75, 3.05) is 20.3 Å². The van der Waals surface area contributed by atoms with Gasteiger partial charge in [0.15, 0.2) is 11.5 Å². The first-order valence-electron chi connectivity index (χ1n) is 7.51. The summed E-state index contributed by atoms with van der Waals surface area (Å²) in [5.74, 6) is 0.185. The third-order valence-electron chi connectivity index (χ3n) is 3.54. The van der Waals surface area contributed by atoms with Gasteiger partial charge >= 0.3 is 5.97 Å². The first-order valence-corrected chi connectivity index (χ1v) is 7.51. The standard InChI is InChI=1S/C15H23N3O3/c1-4-6-12(21-5-2)14-17-11-7-8-16-9-10(11)13(18-14)15(19)20-3/h12,16H,4-9H2,1-3H3. The van der Waals surface area contributed by atoms with Gasteiger partial charge in [-0.15, -0.1) is 0 Å². The van der Waals surface area contributed by atoms with E-state index >= 15 is 0 Å². The molecule has 0 saturated carbocycles. The van der Waals surface area contributed by atoms with Crippen molar-refractivity contribution in [3.05, 3.63) is 22.8 Å². The van der Waals surface area contributed by atoms with Gasteiger partial charge < -0.3 is 14.8 Å². The van der Waals surface area contributed by atoms with Crippen LogP contribution in [0.5, 0.6) is 0 Å². The molecule has 6 nitrogen and oxygen atoms in total. The number of rotatable bonds is 6. The predicted octanol–water partition coefficient (Wildman–Crippen LogP) is 1.79. The summed E-state index contributed by atoms with van der Waals surface area (Å²) in [4.78, 5) is 21.1. The van der Waals surface area contributed by atoms with Gasteiger partial charge in [-0.1, -0.05) is 13.3 Å². The third kappa shape index (κ3) is 3.57. The molecule has 0 spiro atoms. The Morgan fingerprint density at radius 1 is 1.38 bits per heavy atom. The van der Waals surface area contributed by atoms with Crippen LogP contribution < -0.4 is 5.32 Å². The number of esters is 1. The molecule has 1 aromatic rings. The highest BCUT2D eigenvalue weighted by atomic mass is 16.5. The van der Waals surface area contributed by atoms with Crippen LogP contribution in [0, 0.1) is 0 Å². The van der Waals surface area contributed by atoms with Crippen LogP contribution in [0.25, 0.3) is 0 Å². The van der Waals surface area contributed by atoms with E-state index in [1.807, 2.05) is 6.92 Å². The Morgan fingerprint density at radius 3 is 2.86 bits per heavy atom. The Labute approximate surface area is 125 Å². The first-order chi connectivity index (χ1) is 10.2. The molecule has 1 N–H and O–H groups in total. The maximum atomic E-state index is 12.0. The summed E-state index contributed by atoms with van der Waals surface area (Å²) in [5, 5.41) is 3.24. The molecule has 1 aromatic heterocycles. The SMILES string of the molecule is CCCC(OCC)c1nc2c(c(C(=O)OC)n1)CNCC2. The second-order valence-electron chi connectivity index (χ2n) is 5.01. The lowest BCUT2D eigenvalue weighted by Crippen LogP contribution is -2.29. The highest BCUT2D eigenvalue weighted by Crippen LogP contribution is 2.24. The van der Waals surface area contributed by atoms with E-state index < -0.39 is 5.97 Å². The van der Waals surface area contributed by atoms with E-state index in [0.717, 1.165) is 37.1 Å². The Morgan fingerprint density at radius 2 is 2.19 bits per heavy atom. The van der Waals surface area contributed by atoms with E-state index in [1.165, 1.54) is 7.11 Å². The molecular formula is C15H23N3O3. The summed E-state index contributed by atoms with van der Waals surface area (Å²) in [5.41, 5.74) is 2.15. The molecule has 1 atom stereocenters. The molecule has 0 fully saturated rings. The molecule has 0 aliphatic carbocycles. The minimum atomic E-state index is -0.412. The van der Waals surface area contributed by atoms with Crippen LogP contribution in [-0.2, 0) is 22.4 Å². The van der Waals surface area contributed by atoms with Gasteiger partial charge in [0.2, 0.25) is 0 Å². The number of aromatic nitrogens is 2. The molecule has 1 aliphatic heterocycles. The van der Waals surface area contributed by atoms with Gasteiger partial charge in [-0.25, -0.2) is 14.8 Å². The summed E-state index contributed by atoms with van der Waals surface area (Å²) in [6.45, 7) is 6.10. The lowest BCUT2D eigenvalue weighted by molar-refractivity contribution is 0.0479. The second kappa shape index (κ2) is 7.47. The van der Waals surface area contributed by atoms with E-state index in [9.17, 15) is 4.79 Å². The Kier molecular flexibility index (Phi) is 5.64. The minimum absolute atomic E-state index is 0.163. The maximum absolute atomic E-state index is 12.0. The predicted molar refractivity (Wildman–Crippen MR) is 78.1 cm³/mol. The van der Waals surface area contributed by atoms with Crippen molar-refractivity contribution in [2.45, 2.75) is 45.8 Å². The monoisotopic (exact) mass is 293 g/mol. The van der Waals surface area contributed by atoms with Crippen LogP contribution in [0.3, 0.4) is 0 Å². The number of fused-ring (bicyclic) bond motifs is 1. The largest absolute Gasteiger partial charge is 0.464 e. The van der Waals surface area contributed by atoms with Gasteiger partial charge in [0.05, 0.1) is 12.8 Å². The molecule has 1 aliphatic rings. The molecule has 0 radical (unpaired) electrons. The lowest BCUT2D eigenvalue weighted by Gasteiger charge is -2.22. The highest BCUT2D eigenvalue weighted by Gasteiger charge is 2.25. The topological polar surface area (TPSA) is 73.3 Å². The Bertz CT molecular complexity index is 499. The number of nitrogens with one attached hydrogen (secondary N) is 1. The summed E-state index contributed by atoms with van der Waals surface area (Å²) in [7, 11) is 1.37. The number of hydrogen-bond donors (Lipinski definition) is 1. The van der Waals surface area contributed by atoms with Crippen molar-refractivity contribution in [2.24, 2.45) is 0 Å². The van der Waals surface area contributed by atoms with Crippen molar-refractivity contribution in [1.82, 2.24) is 15.3 Å². The molecule has 116 valence electrons. The van der Waals surface area contributed by atoms with E-state index in [2.05, 4.69) is 22.2 Å². The molecule has 1 unspecified atom stereocenters. The minimum Gasteiger partial charge on any atom is -0.464 e. The zero-order chi connectivity index (χ0) is 15.2. The van der Waals surface area contributed by atoms with Crippen LogP contribution in [-0.4, -0.2) is 36.2 Å². The van der Waals surface area contributed by atoms with Crippen LogP contribution in [0.4, 0.5) is 0 Å². The van der Waals surface area contributed by atoms with Gasteiger partial charge in [-0.05, 0) is 13.3 Å². The van der Waals surface area contributed by atoms with E-state index in [0.29, 0.717) is 24.7 Å². The van der Waals surface area contributed by atoms with E-state index in [-0.39, 0.29) is 6.10 Å². The highest BCUT2D eigenvalue weighted by molar-refractivity contribution is 5.89. The quantitative estimate of drug-likeness (QED) is 0.806. The number of hydrogen-bond acceptors (Lipinski definition) is 6. The van der Waals surface area contributed by atoms with Crippen LogP contribution in [0.15, 0.2) is 0 Å². The van der Waals surface area contributed by atoms with Crippen molar-refractivity contribution in [3.8, 4) is 0 Å². The third-order valence-corrected chi connectivity index (χ3v) is 3.54. The molecule has 21 heavy (non-hydrogen) atoms. The summed E-state index contributed by atoms with van der Waals surface area (Å²) in [6.07, 6.45) is 2.44. The molecule has 0 amide bonds. The fourth-order valence-corrected chi connectivity index (χ4v) is 2.52. The average molecular weight is 293 g/mol. The van der Waals surface area contributed by atoms with Gasteiger partial charge in [0.25, 0.3) is 0 Å². The van der Waals surface area contributed by atoms with Crippen molar-refractivity contribution < 1.29 is 14.3 Å². The summed E-state index contributed by atoms with van der Waals surface area (Å²) in [6, 6.07) is 0. The number of carbonyl (C=O) groups is 1. The molecule has 0 saturated heterocycles. The van der Waals surface area contributed by atoms with Crippen molar-refractivity contribution in [1.29, 1.82) is 0 Å². The van der Waals surface area contributed by atoms with E-state index in [4.69, 9.17) is 9.47 Å². The number of nitrogens with zero attached hydrogens (tertiary/aromatic N) is 2. The fourth-order valence-electron chi connectivity index (χ4n) is 2.52. The number of methoxy groups -OCH3 is 1. The average Bonchev–Trinajstić information content (AvgIpc) is 2.53. The van der Waals surface area contributed by atoms with Crippen molar-refractivity contribution >= 4 is 5.97 Å². The van der Waals surface area contributed by atoms with Gasteiger partial charge in [0.1, 0.15) is 6.10 Å². The van der Waals surface area contributed by atoms with Crippen molar-refractivity contribution in [3.63, 3.8) is 0 Å². The lowest BCUT2D eigenvalue weighted by atomic mass is 10.0. The smallest absolute Gasteiger partial charge is 0.357 e. The number of ether oxygens (including phenoxy) is 2. The Hall–Kier alpha value is -1.53. The zero-order valence-corrected chi connectivity index (χ0v) is 12.9. The normalized spacial score (nSPS) is 15.4. The van der Waals surface area contributed by atoms with Crippen LogP contribution in [0.1, 0.15) is 60.4 Å². The zero-order valence-electron chi connectivity index (χ0n) is 12.9. The van der Waals surface area contributed by atoms with Gasteiger partial charge in [0, 0.05) is 31.7 Å². The maximum Gasteiger partial charge on any atom is 0.357 e. The molecule has 2 heterocycles. The molecular weight excluding hydrogens is 270 g/mol. The van der Waals surface area contributed by atoms with Crippen LogP contribution >= 0.6 is 0 Å². The van der Waals surface area contributed by atoms with Crippen LogP contribution in [0.2, 0.25) is 0 Å². The molecule has 2 rings (SSSR count). The number of carbonyl (C=O) groups excluding carboxylic acids is 1. The van der Waals surface area contributed by atoms with Gasteiger partial charge in [-0.3, -0.25) is 0 Å². The summed E-state index contributed by atoms with van der Waals surface area (Å²) >= 11 is 0. The second-order valence-corrected chi connectivity index (χ2v) is 5.01. The summed E-state index contributed by atoms with van der Waals surface area (Å²) < 4.78 is 10.6. The molecule has 0 aromatic carbocycles. The van der Waals surface area contributed by atoms with E-state index in [1.54, 1.807) is 0 Å². The fraction of sp³-hybridized carbons (Fsp3) is 0.667. The van der Waals surface area contributed by atoms with Gasteiger partial charge in [-0.2, -0.15) is 0 Å². The molecule has 0 bridgehead atoms. The first kappa shape index (κ1) is 15.9.